The summed E-state index contributed by atoms with van der Waals surface area (Å²) in [6.07, 6.45) is 2.64. The lowest BCUT2D eigenvalue weighted by molar-refractivity contribution is -0.132. The molecule has 4 amide bonds. The van der Waals surface area contributed by atoms with E-state index in [4.69, 9.17) is 28.7 Å². The molecule has 0 aromatic heterocycles. The average molecular weight is 644 g/mol. The van der Waals surface area contributed by atoms with Gasteiger partial charge in [0.25, 0.3) is 0 Å². The van der Waals surface area contributed by atoms with Crippen molar-refractivity contribution in [2.24, 2.45) is 33.7 Å². The molecule has 0 radical (unpaired) electrons. The van der Waals surface area contributed by atoms with E-state index in [1.165, 1.54) is 5.56 Å². The van der Waals surface area contributed by atoms with Crippen LogP contribution in [0.15, 0.2) is 47.5 Å². The lowest BCUT2D eigenvalue weighted by atomic mass is 9.95. The number of aryl methyl sites for hydroxylation is 3. The van der Waals surface area contributed by atoms with Crippen LogP contribution in [0.3, 0.4) is 0 Å². The Morgan fingerprint density at radius 1 is 0.870 bits per heavy atom. The Bertz CT molecular complexity index is 1230. The molecule has 0 fully saturated rings. The molecule has 2 atom stereocenters. The Labute approximate surface area is 271 Å². The molecule has 0 heterocycles. The summed E-state index contributed by atoms with van der Waals surface area (Å²) >= 11 is 0. The number of aromatic hydroxyl groups is 1. The van der Waals surface area contributed by atoms with Gasteiger partial charge in [-0.2, -0.15) is 0 Å². The Morgan fingerprint density at radius 3 is 1.91 bits per heavy atom. The molecule has 256 valence electrons. The molecule has 2 aromatic rings. The molecule has 14 nitrogen and oxygen atoms in total. The smallest absolute Gasteiger partial charge is 0.243 e. The molecule has 14 heteroatoms. The summed E-state index contributed by atoms with van der Waals surface area (Å²) < 4.78 is 0. The van der Waals surface area contributed by atoms with Crippen LogP contribution in [-0.4, -0.2) is 73.0 Å². The number of amides is 4. The maximum absolute atomic E-state index is 13.1. The van der Waals surface area contributed by atoms with E-state index in [1.54, 1.807) is 26.0 Å². The van der Waals surface area contributed by atoms with Crippen molar-refractivity contribution in [3.8, 4) is 5.75 Å². The van der Waals surface area contributed by atoms with E-state index in [0.29, 0.717) is 25.8 Å². The molecule has 0 aliphatic rings. The van der Waals surface area contributed by atoms with Gasteiger partial charge in [-0.15, -0.1) is 0 Å². The van der Waals surface area contributed by atoms with Gasteiger partial charge >= 0.3 is 0 Å². The minimum Gasteiger partial charge on any atom is -0.508 e. The first-order chi connectivity index (χ1) is 21.7. The summed E-state index contributed by atoms with van der Waals surface area (Å²) in [6, 6.07) is 11.4. The van der Waals surface area contributed by atoms with Gasteiger partial charge in [-0.1, -0.05) is 42.8 Å². The minimum absolute atomic E-state index is 0.0989. The molecule has 46 heavy (non-hydrogen) atoms. The number of guanidine groups is 1. The molecule has 0 spiro atoms. The Hall–Kier alpha value is -4.69. The number of benzene rings is 2. The molecule has 2 aromatic carbocycles. The zero-order valence-electron chi connectivity index (χ0n) is 27.5. The second-order valence-electron chi connectivity index (χ2n) is 10.6. The maximum atomic E-state index is 13.1. The zero-order valence-corrected chi connectivity index (χ0v) is 27.5. The first kappa shape index (κ1) is 41.3. The molecule has 0 bridgehead atoms. The van der Waals surface area contributed by atoms with Crippen molar-refractivity contribution in [1.82, 2.24) is 16.0 Å². The van der Waals surface area contributed by atoms with Crippen molar-refractivity contribution in [2.75, 3.05) is 26.2 Å². The van der Waals surface area contributed by atoms with Gasteiger partial charge in [0.1, 0.15) is 17.8 Å². The van der Waals surface area contributed by atoms with Gasteiger partial charge in [-0.3, -0.25) is 24.2 Å². The van der Waals surface area contributed by atoms with Crippen LogP contribution in [0.25, 0.3) is 0 Å². The van der Waals surface area contributed by atoms with Crippen molar-refractivity contribution in [1.29, 1.82) is 0 Å². The van der Waals surface area contributed by atoms with Crippen LogP contribution < -0.4 is 44.6 Å². The number of unbranched alkanes of at least 4 members (excludes halogenated alkanes) is 1. The van der Waals surface area contributed by atoms with Crippen molar-refractivity contribution < 1.29 is 24.3 Å². The quantitative estimate of drug-likeness (QED) is 0.0710. The van der Waals surface area contributed by atoms with Crippen LogP contribution in [0.5, 0.6) is 5.75 Å². The summed E-state index contributed by atoms with van der Waals surface area (Å²) in [5.41, 5.74) is 29.6. The highest BCUT2D eigenvalue weighted by atomic mass is 16.3. The number of phenolic OH excluding ortho intramolecular Hbond substituents is 1. The van der Waals surface area contributed by atoms with Gasteiger partial charge in [-0.05, 0) is 81.8 Å². The second-order valence-corrected chi connectivity index (χ2v) is 10.6. The van der Waals surface area contributed by atoms with E-state index in [0.717, 1.165) is 29.7 Å². The van der Waals surface area contributed by atoms with Gasteiger partial charge in [0.05, 0.1) is 13.1 Å². The number of nitrogens with zero attached hydrogens (tertiary/aromatic N) is 1. The number of aliphatic imine (C=N–C) groups is 1. The number of rotatable bonds is 15. The SMILES string of the molecule is CCCN=C(N)N.Cc1cc(O)cc(C)c1C[C@H](NC(=O)CN)C(=O)N[C@@H](CCCCN)C(=O)NCC(N)=O.Cc1ccccc1. The van der Waals surface area contributed by atoms with Gasteiger partial charge in [0.15, 0.2) is 5.96 Å². The largest absolute Gasteiger partial charge is 0.508 e. The van der Waals surface area contributed by atoms with Gasteiger partial charge in [0, 0.05) is 13.0 Å². The van der Waals surface area contributed by atoms with E-state index < -0.39 is 35.7 Å². The molecule has 14 N–H and O–H groups in total. The molecule has 0 saturated carbocycles. The summed E-state index contributed by atoms with van der Waals surface area (Å²) in [5, 5.41) is 17.4. The monoisotopic (exact) mass is 643 g/mol. The Morgan fingerprint density at radius 2 is 1.48 bits per heavy atom. The van der Waals surface area contributed by atoms with E-state index in [-0.39, 0.29) is 31.2 Å². The van der Waals surface area contributed by atoms with Crippen LogP contribution in [0.2, 0.25) is 0 Å². The number of hydrogen-bond donors (Lipinski definition) is 9. The second kappa shape index (κ2) is 23.7. The number of primary amides is 1. The number of carbonyl (C=O) groups excluding carboxylic acids is 4. The highest BCUT2D eigenvalue weighted by Crippen LogP contribution is 2.22. The third kappa shape index (κ3) is 18.9. The zero-order chi connectivity index (χ0) is 35.1. The maximum Gasteiger partial charge on any atom is 0.243 e. The van der Waals surface area contributed by atoms with E-state index >= 15 is 0 Å². The standard InChI is InChI=1S/C21H34N6O5.C7H8.C4H11N3/c1-12-7-14(28)8-13(2)15(12)9-17(26-19(30)10-23)21(32)27-16(5-3-4-6-22)20(31)25-11-18(24)29;1-7-5-3-2-4-6-7;1-2-3-7-4(5)6/h7-8,16-17,28H,3-6,9-11,22-23H2,1-2H3,(H2,24,29)(H,25,31)(H,26,30)(H,27,32);2-6H,1H3;2-3H2,1H3,(H4,5,6,7)/t16-,17-;;/m0../s1. The van der Waals surface area contributed by atoms with Crippen molar-refractivity contribution in [2.45, 2.75) is 71.9 Å². The fourth-order valence-corrected chi connectivity index (χ4v) is 4.07. The van der Waals surface area contributed by atoms with Crippen LogP contribution >= 0.6 is 0 Å². The molecule has 0 unspecified atom stereocenters. The third-order valence-electron chi connectivity index (χ3n) is 6.40. The normalized spacial score (nSPS) is 11.3. The first-order valence-electron chi connectivity index (χ1n) is 15.2. The van der Waals surface area contributed by atoms with E-state index in [2.05, 4.69) is 40.0 Å². The van der Waals surface area contributed by atoms with Crippen LogP contribution in [0.1, 0.15) is 54.9 Å². The van der Waals surface area contributed by atoms with Crippen molar-refractivity contribution in [3.63, 3.8) is 0 Å². The molecule has 2 rings (SSSR count). The van der Waals surface area contributed by atoms with Gasteiger partial charge in [-0.25, -0.2) is 0 Å². The summed E-state index contributed by atoms with van der Waals surface area (Å²) in [5.74, 6) is -2.10. The third-order valence-corrected chi connectivity index (χ3v) is 6.40. The highest BCUT2D eigenvalue weighted by molar-refractivity contribution is 5.93. The Kier molecular flexibility index (Phi) is 21.2. The Balaban J connectivity index is 0.00000118. The fourth-order valence-electron chi connectivity index (χ4n) is 4.07. The number of hydrogen-bond acceptors (Lipinski definition) is 8. The molecular formula is C32H53N9O5. The van der Waals surface area contributed by atoms with Crippen LogP contribution in [-0.2, 0) is 25.6 Å². The lowest BCUT2D eigenvalue weighted by Gasteiger charge is -2.24. The number of phenols is 1. The highest BCUT2D eigenvalue weighted by Gasteiger charge is 2.27. The summed E-state index contributed by atoms with van der Waals surface area (Å²) in [6.45, 7) is 8.17. The van der Waals surface area contributed by atoms with Crippen LogP contribution in [0, 0.1) is 20.8 Å². The fraction of sp³-hybridized carbons (Fsp3) is 0.469. The predicted octanol–water partition coefficient (Wildman–Crippen LogP) is -0.125. The van der Waals surface area contributed by atoms with Gasteiger partial charge in [0.2, 0.25) is 23.6 Å². The van der Waals surface area contributed by atoms with E-state index in [9.17, 15) is 24.3 Å². The molecule has 0 saturated heterocycles. The van der Waals surface area contributed by atoms with Crippen molar-refractivity contribution >= 4 is 29.6 Å². The summed E-state index contributed by atoms with van der Waals surface area (Å²) in [7, 11) is 0. The minimum atomic E-state index is -1.01. The van der Waals surface area contributed by atoms with Crippen molar-refractivity contribution in [3.05, 3.63) is 64.7 Å². The molecule has 0 aliphatic heterocycles. The predicted molar refractivity (Wildman–Crippen MR) is 181 cm³/mol. The number of nitrogens with two attached hydrogens (primary N) is 5. The first-order valence-corrected chi connectivity index (χ1v) is 15.2. The topological polar surface area (TPSA) is 267 Å². The van der Waals surface area contributed by atoms with E-state index in [1.807, 2.05) is 25.1 Å². The lowest BCUT2D eigenvalue weighted by Crippen LogP contribution is -2.55. The average Bonchev–Trinajstić information content (AvgIpc) is 3.00. The number of nitrogens with one attached hydrogen (secondary N) is 3. The van der Waals surface area contributed by atoms with Crippen LogP contribution in [0.4, 0.5) is 0 Å². The van der Waals surface area contributed by atoms with Gasteiger partial charge < -0.3 is 49.7 Å². The molecular weight excluding hydrogens is 590 g/mol. The number of carbonyl (C=O) groups is 4. The summed E-state index contributed by atoms with van der Waals surface area (Å²) in [4.78, 5) is 52.2. The molecule has 0 aliphatic carbocycles.